The normalized spacial score (nSPS) is 10.5. The third-order valence-corrected chi connectivity index (χ3v) is 4.01. The Balaban J connectivity index is 1.87. The van der Waals surface area contributed by atoms with Crippen LogP contribution in [-0.2, 0) is 6.54 Å². The molecular weight excluding hydrogens is 354 g/mol. The van der Waals surface area contributed by atoms with E-state index < -0.39 is 17.2 Å². The molecule has 2 aromatic carbocycles. The van der Waals surface area contributed by atoms with Crippen molar-refractivity contribution in [2.24, 2.45) is 0 Å². The molecule has 0 unspecified atom stereocenters. The Hall–Kier alpha value is -3.12. The minimum atomic E-state index is -0.775. The molecular formula is C19H16ClN3O3. The standard InChI is InChI=1S/C19H16ClN3O3/c1-11-5-7-13(8-6-11)17-22-15(16(24)19(26)23-17)18(25)21-10-12-3-2-4-14(20)9-12/h2-9,24H,10H2,1H3,(H,21,25)(H,22,23,26). The predicted molar refractivity (Wildman–Crippen MR) is 99.3 cm³/mol. The van der Waals surface area contributed by atoms with E-state index in [1.54, 1.807) is 36.4 Å². The molecule has 0 aliphatic heterocycles. The van der Waals surface area contributed by atoms with Crippen molar-refractivity contribution in [2.45, 2.75) is 13.5 Å². The van der Waals surface area contributed by atoms with Crippen molar-refractivity contribution in [1.29, 1.82) is 0 Å². The summed E-state index contributed by atoms with van der Waals surface area (Å²) in [5, 5.41) is 13.1. The summed E-state index contributed by atoms with van der Waals surface area (Å²) < 4.78 is 0. The van der Waals surface area contributed by atoms with Gasteiger partial charge in [-0.25, -0.2) is 4.98 Å². The van der Waals surface area contributed by atoms with Gasteiger partial charge in [0.15, 0.2) is 5.69 Å². The van der Waals surface area contributed by atoms with E-state index in [1.165, 1.54) is 0 Å². The van der Waals surface area contributed by atoms with Gasteiger partial charge in [0.05, 0.1) is 0 Å². The van der Waals surface area contributed by atoms with Gasteiger partial charge in [0.25, 0.3) is 11.5 Å². The second kappa shape index (κ2) is 7.41. The van der Waals surface area contributed by atoms with Crippen molar-refractivity contribution < 1.29 is 9.90 Å². The molecule has 1 aromatic heterocycles. The maximum Gasteiger partial charge on any atom is 0.294 e. The van der Waals surface area contributed by atoms with Crippen LogP contribution >= 0.6 is 11.6 Å². The van der Waals surface area contributed by atoms with Crippen molar-refractivity contribution in [1.82, 2.24) is 15.3 Å². The number of nitrogens with one attached hydrogen (secondary N) is 2. The molecule has 3 N–H and O–H groups in total. The lowest BCUT2D eigenvalue weighted by atomic mass is 10.1. The third kappa shape index (κ3) is 3.92. The summed E-state index contributed by atoms with van der Waals surface area (Å²) in [6.45, 7) is 2.12. The fraction of sp³-hybridized carbons (Fsp3) is 0.105. The first kappa shape index (κ1) is 17.7. The molecule has 0 saturated heterocycles. The average molecular weight is 370 g/mol. The number of aromatic amines is 1. The third-order valence-electron chi connectivity index (χ3n) is 3.78. The zero-order valence-corrected chi connectivity index (χ0v) is 14.7. The van der Waals surface area contributed by atoms with Crippen molar-refractivity contribution in [3.05, 3.63) is 80.7 Å². The van der Waals surface area contributed by atoms with Crippen molar-refractivity contribution in [2.75, 3.05) is 0 Å². The average Bonchev–Trinajstić information content (AvgIpc) is 2.62. The summed E-state index contributed by atoms with van der Waals surface area (Å²) in [4.78, 5) is 31.0. The fourth-order valence-electron chi connectivity index (χ4n) is 2.39. The quantitative estimate of drug-likeness (QED) is 0.658. The highest BCUT2D eigenvalue weighted by Crippen LogP contribution is 2.18. The van der Waals surface area contributed by atoms with Gasteiger partial charge in [-0.1, -0.05) is 53.6 Å². The summed E-state index contributed by atoms with van der Waals surface area (Å²) in [6, 6.07) is 14.3. The van der Waals surface area contributed by atoms with Gasteiger partial charge in [0, 0.05) is 17.1 Å². The van der Waals surface area contributed by atoms with Crippen LogP contribution in [0, 0.1) is 6.92 Å². The number of H-pyrrole nitrogens is 1. The molecule has 6 nitrogen and oxygen atoms in total. The maximum atomic E-state index is 12.4. The highest BCUT2D eigenvalue weighted by atomic mass is 35.5. The predicted octanol–water partition coefficient (Wildman–Crippen LogP) is 3.03. The van der Waals surface area contributed by atoms with Gasteiger partial charge in [0.1, 0.15) is 5.82 Å². The van der Waals surface area contributed by atoms with Crippen LogP contribution in [0.5, 0.6) is 5.75 Å². The highest BCUT2D eigenvalue weighted by molar-refractivity contribution is 6.30. The number of aryl methyl sites for hydroxylation is 1. The first-order valence-electron chi connectivity index (χ1n) is 7.87. The molecule has 1 heterocycles. The van der Waals surface area contributed by atoms with Crippen LogP contribution in [0.2, 0.25) is 5.02 Å². The summed E-state index contributed by atoms with van der Waals surface area (Å²) in [5.74, 6) is -1.16. The molecule has 132 valence electrons. The molecule has 0 atom stereocenters. The maximum absolute atomic E-state index is 12.4. The van der Waals surface area contributed by atoms with E-state index in [2.05, 4.69) is 15.3 Å². The number of hydrogen-bond acceptors (Lipinski definition) is 4. The Kier molecular flexibility index (Phi) is 5.04. The summed E-state index contributed by atoms with van der Waals surface area (Å²) in [7, 11) is 0. The fourth-order valence-corrected chi connectivity index (χ4v) is 2.60. The monoisotopic (exact) mass is 369 g/mol. The number of amides is 1. The van der Waals surface area contributed by atoms with E-state index in [1.807, 2.05) is 19.1 Å². The summed E-state index contributed by atoms with van der Waals surface area (Å²) >= 11 is 5.91. The van der Waals surface area contributed by atoms with Crippen LogP contribution in [0.25, 0.3) is 11.4 Å². The Morgan fingerprint density at radius 2 is 1.96 bits per heavy atom. The van der Waals surface area contributed by atoms with Gasteiger partial charge in [-0.15, -0.1) is 0 Å². The van der Waals surface area contributed by atoms with Crippen LogP contribution in [-0.4, -0.2) is 21.0 Å². The van der Waals surface area contributed by atoms with E-state index >= 15 is 0 Å². The van der Waals surface area contributed by atoms with Crippen molar-refractivity contribution >= 4 is 17.5 Å². The molecule has 0 bridgehead atoms. The SMILES string of the molecule is Cc1ccc(-c2nc(C(=O)NCc3cccc(Cl)c3)c(O)c(=O)[nH]2)cc1. The lowest BCUT2D eigenvalue weighted by Gasteiger charge is -2.08. The number of carbonyl (C=O) groups is 1. The van der Waals surface area contributed by atoms with E-state index in [9.17, 15) is 14.7 Å². The van der Waals surface area contributed by atoms with Crippen LogP contribution in [0.1, 0.15) is 21.6 Å². The van der Waals surface area contributed by atoms with Gasteiger partial charge < -0.3 is 15.4 Å². The molecule has 26 heavy (non-hydrogen) atoms. The number of nitrogens with zero attached hydrogens (tertiary/aromatic N) is 1. The van der Waals surface area contributed by atoms with Crippen LogP contribution in [0.4, 0.5) is 0 Å². The molecule has 0 radical (unpaired) electrons. The highest BCUT2D eigenvalue weighted by Gasteiger charge is 2.18. The van der Waals surface area contributed by atoms with Crippen molar-refractivity contribution in [3.8, 4) is 17.1 Å². The number of aromatic hydroxyl groups is 1. The Morgan fingerprint density at radius 1 is 1.23 bits per heavy atom. The first-order valence-corrected chi connectivity index (χ1v) is 8.25. The first-order chi connectivity index (χ1) is 12.4. The summed E-state index contributed by atoms with van der Waals surface area (Å²) in [6.07, 6.45) is 0. The van der Waals surface area contributed by atoms with E-state index in [0.29, 0.717) is 10.6 Å². The molecule has 7 heteroatoms. The lowest BCUT2D eigenvalue weighted by Crippen LogP contribution is -2.26. The molecule has 0 fully saturated rings. The van der Waals surface area contributed by atoms with Crippen molar-refractivity contribution in [3.63, 3.8) is 0 Å². The Bertz CT molecular complexity index is 1010. The number of aromatic nitrogens is 2. The van der Waals surface area contributed by atoms with Gasteiger partial charge in [-0.3, -0.25) is 9.59 Å². The van der Waals surface area contributed by atoms with Crippen LogP contribution in [0.3, 0.4) is 0 Å². The summed E-state index contributed by atoms with van der Waals surface area (Å²) in [5.41, 5.74) is 1.37. The molecule has 0 aliphatic rings. The Morgan fingerprint density at radius 3 is 2.65 bits per heavy atom. The van der Waals surface area contributed by atoms with Gasteiger partial charge >= 0.3 is 0 Å². The minimum absolute atomic E-state index is 0.188. The van der Waals surface area contributed by atoms with E-state index in [4.69, 9.17) is 11.6 Å². The van der Waals surface area contributed by atoms with Crippen LogP contribution in [0.15, 0.2) is 53.3 Å². The number of hydrogen-bond donors (Lipinski definition) is 3. The Labute approximate surface area is 154 Å². The molecule has 0 spiro atoms. The molecule has 0 saturated carbocycles. The molecule has 1 amide bonds. The van der Waals surface area contributed by atoms with Gasteiger partial charge in [0.2, 0.25) is 5.75 Å². The molecule has 3 aromatic rings. The number of rotatable bonds is 4. The van der Waals surface area contributed by atoms with Gasteiger partial charge in [-0.05, 0) is 24.6 Å². The van der Waals surface area contributed by atoms with Crippen LogP contribution < -0.4 is 10.9 Å². The second-order valence-electron chi connectivity index (χ2n) is 5.79. The second-order valence-corrected chi connectivity index (χ2v) is 6.23. The molecule has 3 rings (SSSR count). The minimum Gasteiger partial charge on any atom is -0.501 e. The number of halogens is 1. The van der Waals surface area contributed by atoms with Gasteiger partial charge in [-0.2, -0.15) is 0 Å². The lowest BCUT2D eigenvalue weighted by molar-refractivity contribution is 0.0942. The topological polar surface area (TPSA) is 95.1 Å². The number of carbonyl (C=O) groups excluding carboxylic acids is 1. The van der Waals surface area contributed by atoms with E-state index in [-0.39, 0.29) is 18.1 Å². The smallest absolute Gasteiger partial charge is 0.294 e. The molecule has 0 aliphatic carbocycles. The zero-order chi connectivity index (χ0) is 18.7. The largest absolute Gasteiger partial charge is 0.501 e. The number of benzene rings is 2. The zero-order valence-electron chi connectivity index (χ0n) is 13.9. The van der Waals surface area contributed by atoms with E-state index in [0.717, 1.165) is 11.1 Å².